The number of hydrogen-bond donors (Lipinski definition) is 1. The van der Waals surface area contributed by atoms with Crippen LogP contribution in [0, 0.1) is 13.8 Å². The van der Waals surface area contributed by atoms with E-state index in [1.807, 2.05) is 55.9 Å². The van der Waals surface area contributed by atoms with Crippen molar-refractivity contribution in [1.82, 2.24) is 24.9 Å². The summed E-state index contributed by atoms with van der Waals surface area (Å²) in [5.74, 6) is 1.96. The molecule has 3 rings (SSSR count). The molecule has 1 atom stereocenters. The van der Waals surface area contributed by atoms with E-state index in [9.17, 15) is 9.59 Å². The number of carbonyl (C=O) groups excluding carboxylic acids is 1. The summed E-state index contributed by atoms with van der Waals surface area (Å²) in [5, 5.41) is 12.4. The Morgan fingerprint density at radius 3 is 2.60 bits per heavy atom. The molecule has 1 amide bonds. The van der Waals surface area contributed by atoms with Crippen LogP contribution in [-0.2, 0) is 4.79 Å². The Bertz CT molecular complexity index is 1070. The van der Waals surface area contributed by atoms with Crippen LogP contribution in [0.4, 0.5) is 0 Å². The highest BCUT2D eigenvalue weighted by molar-refractivity contribution is 7.99. The van der Waals surface area contributed by atoms with E-state index < -0.39 is 6.04 Å². The van der Waals surface area contributed by atoms with Crippen LogP contribution in [0.5, 0.6) is 0 Å². The summed E-state index contributed by atoms with van der Waals surface area (Å²) in [6, 6.07) is 8.98. The lowest BCUT2D eigenvalue weighted by Gasteiger charge is -2.15. The Morgan fingerprint density at radius 1 is 1.17 bits per heavy atom. The van der Waals surface area contributed by atoms with Crippen molar-refractivity contribution >= 4 is 28.6 Å². The number of nitrogens with zero attached hydrogens (tertiary/aromatic N) is 4. The molecule has 0 bridgehead atoms. The second-order valence-electron chi connectivity index (χ2n) is 7.32. The lowest BCUT2D eigenvalue weighted by atomic mass is 10.2. The minimum Gasteiger partial charge on any atom is -0.354 e. The number of hydrogen-bond acceptors (Lipinski definition) is 5. The van der Waals surface area contributed by atoms with E-state index in [2.05, 4.69) is 22.4 Å². The van der Waals surface area contributed by atoms with Gasteiger partial charge in [0.25, 0.3) is 5.56 Å². The molecule has 8 heteroatoms. The maximum atomic E-state index is 13.2. The van der Waals surface area contributed by atoms with E-state index in [1.165, 1.54) is 4.68 Å². The minimum atomic E-state index is -0.691. The zero-order valence-corrected chi connectivity index (χ0v) is 18.8. The smallest absolute Gasteiger partial charge is 0.278 e. The fraction of sp³-hybridized carbons (Fsp3) is 0.455. The molecule has 2 heterocycles. The molecule has 0 aliphatic carbocycles. The number of nitrogens with one attached hydrogen (secondary N) is 1. The van der Waals surface area contributed by atoms with E-state index >= 15 is 0 Å². The first-order valence-electron chi connectivity index (χ1n) is 10.3. The molecule has 0 radical (unpaired) electrons. The summed E-state index contributed by atoms with van der Waals surface area (Å²) >= 11 is 1.89. The third-order valence-electron chi connectivity index (χ3n) is 5.00. The van der Waals surface area contributed by atoms with Crippen molar-refractivity contribution in [2.75, 3.05) is 18.1 Å². The van der Waals surface area contributed by atoms with Crippen LogP contribution in [0.1, 0.15) is 44.1 Å². The normalized spacial score (nSPS) is 12.3. The molecular weight excluding hydrogens is 398 g/mol. The van der Waals surface area contributed by atoms with Crippen LogP contribution in [0.2, 0.25) is 0 Å². The number of benzene rings is 1. The summed E-state index contributed by atoms with van der Waals surface area (Å²) in [7, 11) is 0. The highest BCUT2D eigenvalue weighted by Crippen LogP contribution is 2.20. The molecule has 0 aliphatic heterocycles. The number of aryl methyl sites for hydroxylation is 2. The van der Waals surface area contributed by atoms with E-state index in [-0.39, 0.29) is 11.5 Å². The number of para-hydroxylation sites is 1. The number of carbonyl (C=O) groups is 1. The first kappa shape index (κ1) is 22.1. The Kier molecular flexibility index (Phi) is 7.31. The highest BCUT2D eigenvalue weighted by Gasteiger charge is 2.23. The van der Waals surface area contributed by atoms with Crippen LogP contribution in [0.3, 0.4) is 0 Å². The summed E-state index contributed by atoms with van der Waals surface area (Å²) in [6.07, 6.45) is 2.07. The van der Waals surface area contributed by atoms with Gasteiger partial charge < -0.3 is 5.32 Å². The molecule has 0 fully saturated rings. The van der Waals surface area contributed by atoms with Gasteiger partial charge in [0, 0.05) is 6.54 Å². The van der Waals surface area contributed by atoms with Gasteiger partial charge in [-0.05, 0) is 57.3 Å². The van der Waals surface area contributed by atoms with Gasteiger partial charge in [-0.15, -0.1) is 0 Å². The standard InChI is InChI=1S/C22H29N5O2S/c1-5-13-30-14-9-12-23-21(28)17(4)27-22(29)19-16(3)26(18-10-7-6-8-11-18)25-20(19)15(2)24-27/h6-8,10-11,17H,5,9,12-14H2,1-4H3,(H,23,28)/t17-/m1/s1. The molecule has 0 saturated heterocycles. The molecule has 30 heavy (non-hydrogen) atoms. The number of rotatable bonds is 9. The fourth-order valence-electron chi connectivity index (χ4n) is 3.35. The van der Waals surface area contributed by atoms with Crippen molar-refractivity contribution in [3.63, 3.8) is 0 Å². The molecule has 0 saturated carbocycles. The number of amides is 1. The average molecular weight is 428 g/mol. The average Bonchev–Trinajstić information content (AvgIpc) is 3.11. The lowest BCUT2D eigenvalue weighted by molar-refractivity contribution is -0.124. The molecule has 1 N–H and O–H groups in total. The predicted molar refractivity (Wildman–Crippen MR) is 123 cm³/mol. The Morgan fingerprint density at radius 2 is 1.90 bits per heavy atom. The van der Waals surface area contributed by atoms with Crippen LogP contribution < -0.4 is 10.9 Å². The van der Waals surface area contributed by atoms with Gasteiger partial charge in [0.15, 0.2) is 0 Å². The first-order valence-corrected chi connectivity index (χ1v) is 11.5. The maximum absolute atomic E-state index is 13.2. The zero-order chi connectivity index (χ0) is 21.7. The first-order chi connectivity index (χ1) is 14.5. The van der Waals surface area contributed by atoms with Crippen LogP contribution in [0.15, 0.2) is 35.1 Å². The molecule has 3 aromatic rings. The van der Waals surface area contributed by atoms with Gasteiger partial charge in [0.2, 0.25) is 5.91 Å². The van der Waals surface area contributed by atoms with Crippen molar-refractivity contribution in [2.24, 2.45) is 0 Å². The van der Waals surface area contributed by atoms with Crippen LogP contribution in [-0.4, -0.2) is 43.5 Å². The van der Waals surface area contributed by atoms with Gasteiger partial charge in [-0.1, -0.05) is 25.1 Å². The van der Waals surface area contributed by atoms with E-state index in [1.54, 1.807) is 11.6 Å². The number of fused-ring (bicyclic) bond motifs is 1. The molecule has 0 spiro atoms. The maximum Gasteiger partial charge on any atom is 0.278 e. The number of thioether (sulfide) groups is 1. The second kappa shape index (κ2) is 9.93. The van der Waals surface area contributed by atoms with E-state index in [4.69, 9.17) is 0 Å². The summed E-state index contributed by atoms with van der Waals surface area (Å²) < 4.78 is 3.03. The molecule has 7 nitrogen and oxygen atoms in total. The van der Waals surface area contributed by atoms with Crippen molar-refractivity contribution in [2.45, 2.75) is 46.6 Å². The van der Waals surface area contributed by atoms with Gasteiger partial charge in [-0.3, -0.25) is 9.59 Å². The molecule has 0 unspecified atom stereocenters. The van der Waals surface area contributed by atoms with Crippen molar-refractivity contribution in [1.29, 1.82) is 0 Å². The summed E-state index contributed by atoms with van der Waals surface area (Å²) in [6.45, 7) is 8.14. The fourth-order valence-corrected chi connectivity index (χ4v) is 4.20. The molecule has 2 aromatic heterocycles. The third-order valence-corrected chi connectivity index (χ3v) is 6.27. The molecular formula is C22H29N5O2S. The predicted octanol–water partition coefficient (Wildman–Crippen LogP) is 3.41. The monoisotopic (exact) mass is 427 g/mol. The Hall–Kier alpha value is -2.61. The van der Waals surface area contributed by atoms with Crippen molar-refractivity contribution in [3.8, 4) is 5.69 Å². The summed E-state index contributed by atoms with van der Waals surface area (Å²) in [5.41, 5.74) is 2.51. The molecule has 1 aromatic carbocycles. The van der Waals surface area contributed by atoms with Crippen LogP contribution in [0.25, 0.3) is 16.6 Å². The highest BCUT2D eigenvalue weighted by atomic mass is 32.2. The third kappa shape index (κ3) is 4.59. The SMILES string of the molecule is CCCSCCCNC(=O)[C@@H](C)n1nc(C)c2nn(-c3ccccc3)c(C)c2c1=O. The Balaban J connectivity index is 1.85. The summed E-state index contributed by atoms with van der Waals surface area (Å²) in [4.78, 5) is 25.8. The van der Waals surface area contributed by atoms with Gasteiger partial charge in [0.05, 0.1) is 22.5 Å². The van der Waals surface area contributed by atoms with Gasteiger partial charge >= 0.3 is 0 Å². The van der Waals surface area contributed by atoms with Gasteiger partial charge in [-0.2, -0.15) is 22.0 Å². The van der Waals surface area contributed by atoms with Crippen molar-refractivity contribution < 1.29 is 4.79 Å². The minimum absolute atomic E-state index is 0.197. The number of aromatic nitrogens is 4. The molecule has 160 valence electrons. The molecule has 0 aliphatic rings. The second-order valence-corrected chi connectivity index (χ2v) is 8.55. The largest absolute Gasteiger partial charge is 0.354 e. The lowest BCUT2D eigenvalue weighted by Crippen LogP contribution is -2.38. The Labute approximate surface area is 180 Å². The van der Waals surface area contributed by atoms with Gasteiger partial charge in [0.1, 0.15) is 11.6 Å². The van der Waals surface area contributed by atoms with E-state index in [0.717, 1.165) is 35.7 Å². The topological polar surface area (TPSA) is 81.8 Å². The quantitative estimate of drug-likeness (QED) is 0.529. The van der Waals surface area contributed by atoms with Gasteiger partial charge in [-0.25, -0.2) is 9.36 Å². The zero-order valence-electron chi connectivity index (χ0n) is 18.0. The van der Waals surface area contributed by atoms with Crippen LogP contribution >= 0.6 is 11.8 Å². The van der Waals surface area contributed by atoms with Crippen molar-refractivity contribution in [3.05, 3.63) is 52.1 Å². The van der Waals surface area contributed by atoms with E-state index in [0.29, 0.717) is 23.1 Å².